The quantitative estimate of drug-likeness (QED) is 0.489. The van der Waals surface area contributed by atoms with Gasteiger partial charge in [0.05, 0.1) is 6.61 Å². The van der Waals surface area contributed by atoms with Crippen LogP contribution in [0.25, 0.3) is 0 Å². The highest BCUT2D eigenvalue weighted by molar-refractivity contribution is 6.28. The van der Waals surface area contributed by atoms with E-state index in [0.29, 0.717) is 24.8 Å². The lowest BCUT2D eigenvalue weighted by atomic mass is 9.84. The fourth-order valence-corrected chi connectivity index (χ4v) is 3.70. The van der Waals surface area contributed by atoms with Gasteiger partial charge in [-0.2, -0.15) is 4.98 Å². The lowest BCUT2D eigenvalue weighted by Gasteiger charge is -2.29. The number of hydrogen-bond donors (Lipinski definition) is 1. The minimum Gasteiger partial charge on any atom is -0.462 e. The lowest BCUT2D eigenvalue weighted by Crippen LogP contribution is -2.28. The zero-order valence-corrected chi connectivity index (χ0v) is 17.7. The molecule has 8 heteroatoms. The number of nitrogens with zero attached hydrogens (tertiary/aromatic N) is 2. The molecule has 1 heterocycles. The summed E-state index contributed by atoms with van der Waals surface area (Å²) in [7, 11) is 0. The zero-order chi connectivity index (χ0) is 21.3. The average molecular weight is 432 g/mol. The number of halogens is 1. The van der Waals surface area contributed by atoms with Crippen molar-refractivity contribution in [3.63, 3.8) is 0 Å². The number of aromatic nitrogens is 2. The van der Waals surface area contributed by atoms with Crippen LogP contribution in [0, 0.1) is 5.92 Å². The molecule has 0 atom stereocenters. The Balaban J connectivity index is 1.47. The molecule has 1 aliphatic rings. The summed E-state index contributed by atoms with van der Waals surface area (Å²) < 4.78 is 10.5. The molecule has 1 fully saturated rings. The number of hydrogen-bond acceptors (Lipinski definition) is 7. The predicted octanol–water partition coefficient (Wildman–Crippen LogP) is 4.41. The second-order valence-electron chi connectivity index (χ2n) is 7.33. The van der Waals surface area contributed by atoms with Gasteiger partial charge in [-0.25, -0.2) is 9.78 Å². The molecular formula is C22H26ClN3O4. The Bertz CT molecular complexity index is 855. The molecule has 0 unspecified atom stereocenters. The monoisotopic (exact) mass is 431 g/mol. The van der Waals surface area contributed by atoms with Gasteiger partial charge in [0, 0.05) is 18.7 Å². The molecule has 1 saturated carbocycles. The minimum absolute atomic E-state index is 0.0698. The molecule has 3 rings (SSSR count). The maximum Gasteiger partial charge on any atom is 0.343 e. The van der Waals surface area contributed by atoms with Crippen molar-refractivity contribution in [2.24, 2.45) is 5.92 Å². The Morgan fingerprint density at radius 1 is 1.13 bits per heavy atom. The van der Waals surface area contributed by atoms with Crippen LogP contribution in [0.5, 0.6) is 0 Å². The highest BCUT2D eigenvalue weighted by Crippen LogP contribution is 2.30. The van der Waals surface area contributed by atoms with Gasteiger partial charge >= 0.3 is 11.9 Å². The number of nitrogens with one attached hydrogen (secondary N) is 1. The third kappa shape index (κ3) is 6.42. The van der Waals surface area contributed by atoms with Gasteiger partial charge in [0.15, 0.2) is 0 Å². The molecule has 1 N–H and O–H groups in total. The molecule has 2 aromatic rings. The molecule has 30 heavy (non-hydrogen) atoms. The van der Waals surface area contributed by atoms with Crippen LogP contribution in [0.15, 0.2) is 36.5 Å². The van der Waals surface area contributed by atoms with Crippen LogP contribution < -0.4 is 5.32 Å². The van der Waals surface area contributed by atoms with Crippen molar-refractivity contribution in [2.45, 2.75) is 51.7 Å². The van der Waals surface area contributed by atoms with Crippen LogP contribution in [0.1, 0.15) is 54.9 Å². The van der Waals surface area contributed by atoms with Gasteiger partial charge in [0.25, 0.3) is 0 Å². The fourth-order valence-electron chi connectivity index (χ4n) is 3.57. The van der Waals surface area contributed by atoms with Crippen LogP contribution >= 0.6 is 11.6 Å². The number of rotatable bonds is 8. The van der Waals surface area contributed by atoms with E-state index in [0.717, 1.165) is 31.2 Å². The number of benzene rings is 1. The van der Waals surface area contributed by atoms with Crippen molar-refractivity contribution >= 4 is 29.4 Å². The lowest BCUT2D eigenvalue weighted by molar-refractivity contribution is -0.146. The van der Waals surface area contributed by atoms with Gasteiger partial charge in [-0.1, -0.05) is 30.3 Å². The highest BCUT2D eigenvalue weighted by Gasteiger charge is 2.25. The van der Waals surface area contributed by atoms with Gasteiger partial charge in [-0.05, 0) is 55.7 Å². The summed E-state index contributed by atoms with van der Waals surface area (Å²) in [6.45, 7) is 2.32. The molecule has 0 bridgehead atoms. The summed E-state index contributed by atoms with van der Waals surface area (Å²) in [5.41, 5.74) is 1.26. The van der Waals surface area contributed by atoms with Crippen molar-refractivity contribution in [1.29, 1.82) is 0 Å². The van der Waals surface area contributed by atoms with Gasteiger partial charge in [0.2, 0.25) is 5.28 Å². The second-order valence-corrected chi connectivity index (χ2v) is 7.67. The van der Waals surface area contributed by atoms with Crippen molar-refractivity contribution in [3.8, 4) is 0 Å². The maximum absolute atomic E-state index is 12.2. The zero-order valence-electron chi connectivity index (χ0n) is 17.0. The molecule has 1 aliphatic carbocycles. The number of anilines is 1. The van der Waals surface area contributed by atoms with E-state index in [9.17, 15) is 9.59 Å². The topological polar surface area (TPSA) is 90.4 Å². The molecule has 7 nitrogen and oxygen atoms in total. The van der Waals surface area contributed by atoms with Crippen LogP contribution in [-0.2, 0) is 20.9 Å². The molecule has 1 aromatic heterocycles. The van der Waals surface area contributed by atoms with Gasteiger partial charge in [-0.3, -0.25) is 4.79 Å². The number of carbonyl (C=O) groups is 2. The average Bonchev–Trinajstić information content (AvgIpc) is 2.75. The van der Waals surface area contributed by atoms with Crippen LogP contribution in [0.3, 0.4) is 0 Å². The molecule has 0 saturated heterocycles. The molecule has 160 valence electrons. The number of ether oxygens (including phenoxy) is 2. The molecule has 0 aliphatic heterocycles. The van der Waals surface area contributed by atoms with E-state index >= 15 is 0 Å². The standard InChI is InChI=1S/C22H26ClN3O4/c1-2-29-21(28)18-13-24-22(23)26-20(18)25-17-10-8-15(9-11-17)12-19(27)30-14-16-6-4-3-5-7-16/h3-7,13,15,17H,2,8-12,14H2,1H3,(H,24,25,26). The Morgan fingerprint density at radius 3 is 2.57 bits per heavy atom. The van der Waals surface area contributed by atoms with E-state index in [2.05, 4.69) is 15.3 Å². The first-order valence-corrected chi connectivity index (χ1v) is 10.6. The largest absolute Gasteiger partial charge is 0.462 e. The molecule has 0 radical (unpaired) electrons. The first-order valence-electron chi connectivity index (χ1n) is 10.2. The van der Waals surface area contributed by atoms with E-state index < -0.39 is 5.97 Å². The van der Waals surface area contributed by atoms with Crippen LogP contribution in [0.4, 0.5) is 5.82 Å². The Labute approximate surface area is 181 Å². The number of esters is 2. The van der Waals surface area contributed by atoms with Crippen LogP contribution in [-0.4, -0.2) is 34.6 Å². The highest BCUT2D eigenvalue weighted by atomic mass is 35.5. The van der Waals surface area contributed by atoms with Crippen molar-refractivity contribution in [2.75, 3.05) is 11.9 Å². The molecular weight excluding hydrogens is 406 g/mol. The molecule has 0 amide bonds. The first-order chi connectivity index (χ1) is 14.5. The SMILES string of the molecule is CCOC(=O)c1cnc(Cl)nc1NC1CCC(CC(=O)OCc2ccccc2)CC1. The Hall–Kier alpha value is -2.67. The normalized spacial score (nSPS) is 18.5. The first kappa shape index (κ1) is 22.0. The third-order valence-corrected chi connectivity index (χ3v) is 5.32. The molecule has 1 aromatic carbocycles. The summed E-state index contributed by atoms with van der Waals surface area (Å²) in [5, 5.41) is 3.37. The summed E-state index contributed by atoms with van der Waals surface area (Å²) in [5.74, 6) is 0.0398. The second kappa shape index (κ2) is 10.9. The maximum atomic E-state index is 12.2. The van der Waals surface area contributed by atoms with Crippen LogP contribution in [0.2, 0.25) is 5.28 Å². The van der Waals surface area contributed by atoms with Gasteiger partial charge < -0.3 is 14.8 Å². The van der Waals surface area contributed by atoms with E-state index in [1.807, 2.05) is 30.3 Å². The van der Waals surface area contributed by atoms with E-state index in [1.54, 1.807) is 6.92 Å². The summed E-state index contributed by atoms with van der Waals surface area (Å²) in [6, 6.07) is 9.80. The third-order valence-electron chi connectivity index (χ3n) is 5.14. The predicted molar refractivity (Wildman–Crippen MR) is 113 cm³/mol. The van der Waals surface area contributed by atoms with E-state index in [-0.39, 0.29) is 29.5 Å². The summed E-state index contributed by atoms with van der Waals surface area (Å²) >= 11 is 5.90. The number of carbonyl (C=O) groups excluding carboxylic acids is 2. The van der Waals surface area contributed by atoms with E-state index in [4.69, 9.17) is 21.1 Å². The van der Waals surface area contributed by atoms with Crippen molar-refractivity contribution in [1.82, 2.24) is 9.97 Å². The minimum atomic E-state index is -0.480. The van der Waals surface area contributed by atoms with Gasteiger partial charge in [0.1, 0.15) is 18.0 Å². The Morgan fingerprint density at radius 2 is 1.87 bits per heavy atom. The van der Waals surface area contributed by atoms with Crippen molar-refractivity contribution in [3.05, 3.63) is 52.9 Å². The fraction of sp³-hybridized carbons (Fsp3) is 0.455. The van der Waals surface area contributed by atoms with Crippen molar-refractivity contribution < 1.29 is 19.1 Å². The summed E-state index contributed by atoms with van der Waals surface area (Å²) in [6.07, 6.45) is 5.31. The molecule has 0 spiro atoms. The Kier molecular flexibility index (Phi) is 8.02. The van der Waals surface area contributed by atoms with E-state index in [1.165, 1.54) is 6.20 Å². The smallest absolute Gasteiger partial charge is 0.343 e. The summed E-state index contributed by atoms with van der Waals surface area (Å²) in [4.78, 5) is 32.3. The van der Waals surface area contributed by atoms with Gasteiger partial charge in [-0.15, -0.1) is 0 Å².